The molecule has 0 amide bonds. The second-order valence-corrected chi connectivity index (χ2v) is 1.05. The average molecular weight is 116 g/mol. The van der Waals surface area contributed by atoms with Gasteiger partial charge in [0.1, 0.15) is 0 Å². The highest BCUT2D eigenvalue weighted by Gasteiger charge is 1.43. The molecule has 0 aliphatic carbocycles. The van der Waals surface area contributed by atoms with Crippen LogP contribution in [-0.4, -0.2) is 13.1 Å². The van der Waals surface area contributed by atoms with Gasteiger partial charge in [-0.1, -0.05) is 12.2 Å². The molecule has 50 valence electrons. The molecule has 0 radical (unpaired) electrons. The second-order valence-electron chi connectivity index (χ2n) is 1.05. The maximum atomic E-state index is 4.91. The molecule has 0 fully saturated rings. The van der Waals surface area contributed by atoms with Crippen molar-refractivity contribution in [2.24, 2.45) is 11.5 Å². The van der Waals surface area contributed by atoms with E-state index in [-0.39, 0.29) is 1.43 Å². The SMILES string of the molecule is C=CCN.C=CCN.[HH]. The maximum absolute atomic E-state index is 4.91. The summed E-state index contributed by atoms with van der Waals surface area (Å²) in [7, 11) is 0. The molecule has 0 aromatic heterocycles. The van der Waals surface area contributed by atoms with Crippen LogP contribution in [0.4, 0.5) is 0 Å². The fourth-order valence-electron chi connectivity index (χ4n) is 0. The van der Waals surface area contributed by atoms with Crippen LogP contribution in [0.5, 0.6) is 0 Å². The van der Waals surface area contributed by atoms with Crippen LogP contribution in [0.1, 0.15) is 1.43 Å². The molecule has 0 rings (SSSR count). The second kappa shape index (κ2) is 16.1. The molecular weight excluding hydrogens is 100 g/mol. The van der Waals surface area contributed by atoms with Gasteiger partial charge in [-0.25, -0.2) is 0 Å². The number of hydrogen-bond donors (Lipinski definition) is 2. The molecular formula is C6H16N2. The number of hydrogen-bond acceptors (Lipinski definition) is 2. The lowest BCUT2D eigenvalue weighted by Crippen LogP contribution is -1.90. The molecule has 0 aromatic rings. The van der Waals surface area contributed by atoms with E-state index in [1.807, 2.05) is 0 Å². The lowest BCUT2D eigenvalue weighted by molar-refractivity contribution is 1.26. The molecule has 0 saturated heterocycles. The van der Waals surface area contributed by atoms with Crippen LogP contribution < -0.4 is 11.5 Å². The average Bonchev–Trinajstić information content (AvgIpc) is 1.88. The molecule has 8 heavy (non-hydrogen) atoms. The van der Waals surface area contributed by atoms with Gasteiger partial charge in [0.15, 0.2) is 0 Å². The summed E-state index contributed by atoms with van der Waals surface area (Å²) in [5, 5.41) is 0. The summed E-state index contributed by atoms with van der Waals surface area (Å²) in [6, 6.07) is 0. The third-order valence-electron chi connectivity index (χ3n) is 0.333. The predicted molar refractivity (Wildman–Crippen MR) is 40.6 cm³/mol. The highest BCUT2D eigenvalue weighted by Crippen LogP contribution is 1.40. The molecule has 0 spiro atoms. The van der Waals surface area contributed by atoms with E-state index in [1.165, 1.54) is 0 Å². The smallest absolute Gasteiger partial charge is 0.0104 e. The summed E-state index contributed by atoms with van der Waals surface area (Å²) in [5.41, 5.74) is 9.82. The third kappa shape index (κ3) is 53.3. The van der Waals surface area contributed by atoms with Gasteiger partial charge < -0.3 is 11.5 Å². The van der Waals surface area contributed by atoms with Gasteiger partial charge in [0, 0.05) is 14.5 Å². The highest BCUT2D eigenvalue weighted by molar-refractivity contribution is 4.64. The van der Waals surface area contributed by atoms with Gasteiger partial charge in [-0.2, -0.15) is 0 Å². The summed E-state index contributed by atoms with van der Waals surface area (Å²) in [6.07, 6.45) is 3.31. The minimum absolute atomic E-state index is 0. The van der Waals surface area contributed by atoms with Gasteiger partial charge in [0.05, 0.1) is 0 Å². The fourth-order valence-corrected chi connectivity index (χ4v) is 0. The van der Waals surface area contributed by atoms with E-state index in [2.05, 4.69) is 13.2 Å². The van der Waals surface area contributed by atoms with Crippen LogP contribution >= 0.6 is 0 Å². The van der Waals surface area contributed by atoms with Crippen molar-refractivity contribution in [3.8, 4) is 0 Å². The van der Waals surface area contributed by atoms with Crippen molar-refractivity contribution in [3.63, 3.8) is 0 Å². The first-order valence-corrected chi connectivity index (χ1v) is 2.45. The van der Waals surface area contributed by atoms with Crippen LogP contribution in [0.15, 0.2) is 25.3 Å². The number of rotatable bonds is 2. The zero-order chi connectivity index (χ0) is 6.83. The van der Waals surface area contributed by atoms with E-state index in [4.69, 9.17) is 11.5 Å². The predicted octanol–water partition coefficient (Wildman–Crippen LogP) is 0.508. The van der Waals surface area contributed by atoms with E-state index in [0.29, 0.717) is 13.1 Å². The van der Waals surface area contributed by atoms with Gasteiger partial charge >= 0.3 is 0 Å². The summed E-state index contributed by atoms with van der Waals surface area (Å²) in [6.45, 7) is 7.87. The summed E-state index contributed by atoms with van der Waals surface area (Å²) in [5.74, 6) is 0. The van der Waals surface area contributed by atoms with Gasteiger partial charge in [0.25, 0.3) is 0 Å². The summed E-state index contributed by atoms with van der Waals surface area (Å²) >= 11 is 0. The zero-order valence-electron chi connectivity index (χ0n) is 5.14. The van der Waals surface area contributed by atoms with E-state index in [1.54, 1.807) is 12.2 Å². The highest BCUT2D eigenvalue weighted by atomic mass is 14.5. The van der Waals surface area contributed by atoms with E-state index >= 15 is 0 Å². The molecule has 0 aliphatic rings. The van der Waals surface area contributed by atoms with Crippen LogP contribution in [0.25, 0.3) is 0 Å². The lowest BCUT2D eigenvalue weighted by atomic mass is 10.7. The van der Waals surface area contributed by atoms with Crippen molar-refractivity contribution in [1.29, 1.82) is 0 Å². The molecule has 0 atom stereocenters. The first kappa shape index (κ1) is 10.4. The monoisotopic (exact) mass is 116 g/mol. The normalized spacial score (nSPS) is 6.25. The number of nitrogens with two attached hydrogens (primary N) is 2. The molecule has 0 aliphatic heterocycles. The van der Waals surface area contributed by atoms with Crippen LogP contribution in [0, 0.1) is 0 Å². The van der Waals surface area contributed by atoms with Crippen molar-refractivity contribution >= 4 is 0 Å². The molecule has 4 N–H and O–H groups in total. The van der Waals surface area contributed by atoms with Crippen molar-refractivity contribution < 1.29 is 1.43 Å². The Labute approximate surface area is 52.4 Å². The molecule has 0 saturated carbocycles. The van der Waals surface area contributed by atoms with Crippen molar-refractivity contribution in [3.05, 3.63) is 25.3 Å². The fraction of sp³-hybridized carbons (Fsp3) is 0.333. The molecule has 2 nitrogen and oxygen atoms in total. The summed E-state index contributed by atoms with van der Waals surface area (Å²) < 4.78 is 0. The van der Waals surface area contributed by atoms with Crippen LogP contribution in [0.2, 0.25) is 0 Å². The van der Waals surface area contributed by atoms with Crippen molar-refractivity contribution in [2.45, 2.75) is 0 Å². The first-order valence-electron chi connectivity index (χ1n) is 2.45. The van der Waals surface area contributed by atoms with Crippen molar-refractivity contribution in [1.82, 2.24) is 0 Å². The Hall–Kier alpha value is -0.600. The standard InChI is InChI=1S/2C3H7N.H2/c2*1-2-3-4;/h2*2H,1,3-4H2;1H. The quantitative estimate of drug-likeness (QED) is 0.516. The minimum atomic E-state index is 0. The van der Waals surface area contributed by atoms with Gasteiger partial charge in [-0.3, -0.25) is 0 Å². The molecule has 0 unspecified atom stereocenters. The Morgan fingerprint density at radius 3 is 1.25 bits per heavy atom. The van der Waals surface area contributed by atoms with Gasteiger partial charge in [0.2, 0.25) is 0 Å². The molecule has 0 aromatic carbocycles. The van der Waals surface area contributed by atoms with Crippen LogP contribution in [0.3, 0.4) is 0 Å². The van der Waals surface area contributed by atoms with E-state index < -0.39 is 0 Å². The van der Waals surface area contributed by atoms with Gasteiger partial charge in [-0.15, -0.1) is 13.2 Å². The lowest BCUT2D eigenvalue weighted by Gasteiger charge is -1.61. The van der Waals surface area contributed by atoms with Crippen LogP contribution in [-0.2, 0) is 0 Å². The Balaban J connectivity index is -0.0000000720. The maximum Gasteiger partial charge on any atom is 0.0104 e. The Bertz CT molecular complexity index is 47.0. The minimum Gasteiger partial charge on any atom is -0.327 e. The molecule has 0 bridgehead atoms. The largest absolute Gasteiger partial charge is 0.327 e. The van der Waals surface area contributed by atoms with Crippen molar-refractivity contribution in [2.75, 3.05) is 13.1 Å². The Morgan fingerprint density at radius 1 is 1.12 bits per heavy atom. The Kier molecular flexibility index (Phi) is 21.0. The van der Waals surface area contributed by atoms with E-state index in [9.17, 15) is 0 Å². The first-order chi connectivity index (χ1) is 3.83. The van der Waals surface area contributed by atoms with E-state index in [0.717, 1.165) is 0 Å². The Morgan fingerprint density at radius 2 is 1.25 bits per heavy atom. The molecule has 2 heteroatoms. The topological polar surface area (TPSA) is 52.0 Å². The third-order valence-corrected chi connectivity index (χ3v) is 0.333. The summed E-state index contributed by atoms with van der Waals surface area (Å²) in [4.78, 5) is 0. The zero-order valence-corrected chi connectivity index (χ0v) is 5.14. The van der Waals surface area contributed by atoms with Gasteiger partial charge in [-0.05, 0) is 0 Å². The molecule has 0 heterocycles.